The second kappa shape index (κ2) is 10.4. The number of carbonyl (C=O) groups is 2. The molecule has 3 aromatic rings. The van der Waals surface area contributed by atoms with Crippen molar-refractivity contribution in [3.8, 4) is 16.5 Å². The van der Waals surface area contributed by atoms with E-state index in [-0.39, 0.29) is 19.1 Å². The number of thiophene rings is 1. The Kier molecular flexibility index (Phi) is 7.58. The van der Waals surface area contributed by atoms with Crippen LogP contribution >= 0.6 is 27.3 Å². The van der Waals surface area contributed by atoms with Gasteiger partial charge >= 0.3 is 5.97 Å². The Balaban J connectivity index is 1.62. The summed E-state index contributed by atoms with van der Waals surface area (Å²) >= 11 is 4.85. The quantitative estimate of drug-likeness (QED) is 0.412. The van der Waals surface area contributed by atoms with Gasteiger partial charge in [0.15, 0.2) is 6.61 Å². The van der Waals surface area contributed by atoms with Crippen molar-refractivity contribution in [3.63, 3.8) is 0 Å². The molecule has 0 spiro atoms. The van der Waals surface area contributed by atoms with E-state index in [1.54, 1.807) is 23.1 Å². The van der Waals surface area contributed by atoms with Gasteiger partial charge in [-0.3, -0.25) is 4.79 Å². The molecule has 0 aliphatic carbocycles. The van der Waals surface area contributed by atoms with Crippen LogP contribution in [0, 0.1) is 0 Å². The minimum atomic E-state index is -0.450. The van der Waals surface area contributed by atoms with Crippen LogP contribution in [-0.2, 0) is 16.1 Å². The lowest BCUT2D eigenvalue weighted by Gasteiger charge is -2.20. The number of carbonyl (C=O) groups excluding carboxylic acids is 2. The molecule has 0 fully saturated rings. The maximum Gasteiger partial charge on any atom is 0.337 e. The predicted molar refractivity (Wildman–Crippen MR) is 114 cm³/mol. The summed E-state index contributed by atoms with van der Waals surface area (Å²) in [5.74, 6) is 0.592. The highest BCUT2D eigenvalue weighted by Crippen LogP contribution is 2.27. The normalized spacial score (nSPS) is 10.6. The second-order valence-corrected chi connectivity index (χ2v) is 8.02. The van der Waals surface area contributed by atoms with Crippen LogP contribution in [0.15, 0.2) is 44.6 Å². The van der Waals surface area contributed by atoms with Crippen molar-refractivity contribution < 1.29 is 23.5 Å². The Morgan fingerprint density at radius 2 is 2.10 bits per heavy atom. The molecule has 30 heavy (non-hydrogen) atoms. The number of amides is 1. The zero-order chi connectivity index (χ0) is 21.5. The molecule has 2 aromatic heterocycles. The number of ether oxygens (including phenoxy) is 2. The molecule has 158 valence electrons. The summed E-state index contributed by atoms with van der Waals surface area (Å²) in [5, 5.41) is 10.0. The molecule has 0 atom stereocenters. The Morgan fingerprint density at radius 3 is 2.77 bits per heavy atom. The van der Waals surface area contributed by atoms with Crippen molar-refractivity contribution in [1.29, 1.82) is 0 Å². The summed E-state index contributed by atoms with van der Waals surface area (Å²) in [6.07, 6.45) is 0.773. The first kappa shape index (κ1) is 22.0. The first-order valence-corrected chi connectivity index (χ1v) is 10.8. The maximum absolute atomic E-state index is 12.7. The van der Waals surface area contributed by atoms with Gasteiger partial charge in [-0.05, 0) is 52.0 Å². The zero-order valence-corrected chi connectivity index (χ0v) is 18.9. The standard InChI is InChI=1S/C20H20BrN3O5S/c1-3-8-24(11-17-22-23-19(29-17)16-5-4-9-30-16)18(25)12-28-15-7-6-13(10-14(15)21)20(26)27-2/h4-7,9-10H,3,8,11-12H2,1-2H3. The first-order valence-electron chi connectivity index (χ1n) is 9.16. The lowest BCUT2D eigenvalue weighted by Crippen LogP contribution is -2.35. The largest absolute Gasteiger partial charge is 0.483 e. The fourth-order valence-electron chi connectivity index (χ4n) is 2.64. The molecule has 0 radical (unpaired) electrons. The van der Waals surface area contributed by atoms with Crippen LogP contribution in [0.25, 0.3) is 10.8 Å². The topological polar surface area (TPSA) is 94.8 Å². The summed E-state index contributed by atoms with van der Waals surface area (Å²) in [6, 6.07) is 8.57. The fourth-order valence-corrected chi connectivity index (χ4v) is 3.77. The van der Waals surface area contributed by atoms with Gasteiger partial charge < -0.3 is 18.8 Å². The molecule has 1 amide bonds. The molecule has 0 aliphatic rings. The minimum absolute atomic E-state index is 0.165. The molecule has 0 saturated carbocycles. The lowest BCUT2D eigenvalue weighted by molar-refractivity contribution is -0.134. The van der Waals surface area contributed by atoms with Gasteiger partial charge in [-0.1, -0.05) is 13.0 Å². The van der Waals surface area contributed by atoms with Crippen molar-refractivity contribution in [3.05, 3.63) is 51.6 Å². The Bertz CT molecular complexity index is 1010. The third kappa shape index (κ3) is 5.45. The smallest absolute Gasteiger partial charge is 0.337 e. The summed E-state index contributed by atoms with van der Waals surface area (Å²) in [6.45, 7) is 2.55. The van der Waals surface area contributed by atoms with Crippen LogP contribution in [0.2, 0.25) is 0 Å². The van der Waals surface area contributed by atoms with Crippen molar-refractivity contribution in [2.75, 3.05) is 20.3 Å². The highest BCUT2D eigenvalue weighted by Gasteiger charge is 2.19. The number of rotatable bonds is 9. The molecular weight excluding hydrogens is 474 g/mol. The average molecular weight is 494 g/mol. The Labute approximate surface area is 185 Å². The number of nitrogens with zero attached hydrogens (tertiary/aromatic N) is 3. The van der Waals surface area contributed by atoms with E-state index in [1.165, 1.54) is 18.4 Å². The number of esters is 1. The number of hydrogen-bond acceptors (Lipinski definition) is 8. The number of hydrogen-bond donors (Lipinski definition) is 0. The SMILES string of the molecule is CCCN(Cc1nnc(-c2cccs2)o1)C(=O)COc1ccc(C(=O)OC)cc1Br. The molecule has 10 heteroatoms. The predicted octanol–water partition coefficient (Wildman–Crippen LogP) is 4.16. The van der Waals surface area contributed by atoms with Gasteiger partial charge in [0.1, 0.15) is 5.75 Å². The second-order valence-electron chi connectivity index (χ2n) is 6.22. The van der Waals surface area contributed by atoms with Gasteiger partial charge in [-0.2, -0.15) is 0 Å². The van der Waals surface area contributed by atoms with E-state index < -0.39 is 5.97 Å². The first-order chi connectivity index (χ1) is 14.5. The van der Waals surface area contributed by atoms with Crippen LogP contribution in [0.4, 0.5) is 0 Å². The van der Waals surface area contributed by atoms with Gasteiger partial charge in [0.25, 0.3) is 11.8 Å². The molecule has 0 unspecified atom stereocenters. The summed E-state index contributed by atoms with van der Waals surface area (Å²) < 4.78 is 16.6. The van der Waals surface area contributed by atoms with Gasteiger partial charge in [0.05, 0.1) is 28.6 Å². The fraction of sp³-hybridized carbons (Fsp3) is 0.300. The van der Waals surface area contributed by atoms with E-state index in [9.17, 15) is 9.59 Å². The monoisotopic (exact) mass is 493 g/mol. The Hall–Kier alpha value is -2.72. The lowest BCUT2D eigenvalue weighted by atomic mass is 10.2. The van der Waals surface area contributed by atoms with E-state index in [2.05, 4.69) is 30.9 Å². The van der Waals surface area contributed by atoms with Crippen LogP contribution < -0.4 is 4.74 Å². The van der Waals surface area contributed by atoms with Gasteiger partial charge in [0.2, 0.25) is 5.89 Å². The third-order valence-corrected chi connectivity index (χ3v) is 5.55. The van der Waals surface area contributed by atoms with E-state index in [0.29, 0.717) is 34.1 Å². The van der Waals surface area contributed by atoms with Gasteiger partial charge in [0, 0.05) is 6.54 Å². The molecule has 0 bridgehead atoms. The van der Waals surface area contributed by atoms with Crippen molar-refractivity contribution >= 4 is 39.1 Å². The van der Waals surface area contributed by atoms with E-state index in [4.69, 9.17) is 9.15 Å². The van der Waals surface area contributed by atoms with Crippen molar-refractivity contribution in [2.24, 2.45) is 0 Å². The van der Waals surface area contributed by atoms with Crippen LogP contribution in [0.5, 0.6) is 5.75 Å². The van der Waals surface area contributed by atoms with Crippen LogP contribution in [0.3, 0.4) is 0 Å². The van der Waals surface area contributed by atoms with Crippen molar-refractivity contribution in [2.45, 2.75) is 19.9 Å². The van der Waals surface area contributed by atoms with Crippen LogP contribution in [-0.4, -0.2) is 47.2 Å². The van der Waals surface area contributed by atoms with E-state index in [0.717, 1.165) is 11.3 Å². The van der Waals surface area contributed by atoms with E-state index >= 15 is 0 Å². The number of benzene rings is 1. The molecular formula is C20H20BrN3O5S. The molecule has 0 N–H and O–H groups in total. The average Bonchev–Trinajstić information content (AvgIpc) is 3.43. The minimum Gasteiger partial charge on any atom is -0.483 e. The molecule has 3 rings (SSSR count). The number of aromatic nitrogens is 2. The molecule has 1 aromatic carbocycles. The highest BCUT2D eigenvalue weighted by atomic mass is 79.9. The van der Waals surface area contributed by atoms with Gasteiger partial charge in [-0.25, -0.2) is 4.79 Å². The highest BCUT2D eigenvalue weighted by molar-refractivity contribution is 9.10. The van der Waals surface area contributed by atoms with E-state index in [1.807, 2.05) is 24.4 Å². The summed E-state index contributed by atoms with van der Waals surface area (Å²) in [4.78, 5) is 26.8. The zero-order valence-electron chi connectivity index (χ0n) is 16.5. The third-order valence-electron chi connectivity index (χ3n) is 4.08. The van der Waals surface area contributed by atoms with Crippen molar-refractivity contribution in [1.82, 2.24) is 15.1 Å². The molecule has 0 saturated heterocycles. The number of halogens is 1. The summed E-state index contributed by atoms with van der Waals surface area (Å²) in [7, 11) is 1.31. The van der Waals surface area contributed by atoms with Crippen LogP contribution in [0.1, 0.15) is 29.6 Å². The number of methoxy groups -OCH3 is 1. The Morgan fingerprint density at radius 1 is 1.27 bits per heavy atom. The maximum atomic E-state index is 12.7. The van der Waals surface area contributed by atoms with Gasteiger partial charge in [-0.15, -0.1) is 21.5 Å². The molecule has 8 nitrogen and oxygen atoms in total. The molecule has 0 aliphatic heterocycles. The molecule has 2 heterocycles. The summed E-state index contributed by atoms with van der Waals surface area (Å²) in [5.41, 5.74) is 0.383.